The second-order valence-electron chi connectivity index (χ2n) is 11.6. The lowest BCUT2D eigenvalue weighted by molar-refractivity contribution is 0.0964. The molecule has 0 aliphatic carbocycles. The first-order chi connectivity index (χ1) is 22.9. The molecule has 1 amide bonds. The Bertz CT molecular complexity index is 2370. The van der Waals surface area contributed by atoms with Crippen LogP contribution in [0.15, 0.2) is 88.1 Å². The minimum absolute atomic E-state index is 0.0696. The Morgan fingerprint density at radius 1 is 1.00 bits per heavy atom. The standard InChI is InChI=1S/C36H33FN4O6S/c1-21-6-10-23(11-7-21)34-33(35(42)38-2)28-17-26(30(18-31(28)47-34)40(3)48(5,44)45)24-12-15-29-27(16-24)36(43)41(32(39-29)20-46-4)19-22-8-13-25(37)14-9-22/h6-18H,19-20H2,1-5H3,(H,38,42). The number of hydrogen-bond donors (Lipinski definition) is 1. The van der Waals surface area contributed by atoms with Gasteiger partial charge in [0.25, 0.3) is 11.5 Å². The third kappa shape index (κ3) is 6.07. The van der Waals surface area contributed by atoms with Gasteiger partial charge < -0.3 is 14.5 Å². The molecule has 12 heteroatoms. The van der Waals surface area contributed by atoms with Gasteiger partial charge in [-0.05, 0) is 48.4 Å². The molecule has 0 bridgehead atoms. The van der Waals surface area contributed by atoms with Crippen molar-refractivity contribution < 1.29 is 26.8 Å². The number of sulfonamides is 1. The number of carbonyl (C=O) groups is 1. The summed E-state index contributed by atoms with van der Waals surface area (Å²) in [7, 11) is 0.710. The Labute approximate surface area is 276 Å². The second kappa shape index (κ2) is 12.7. The number of nitrogens with zero attached hydrogens (tertiary/aromatic N) is 3. The Balaban J connectivity index is 1.61. The number of amides is 1. The molecule has 0 atom stereocenters. The van der Waals surface area contributed by atoms with Crippen molar-refractivity contribution >= 4 is 43.5 Å². The smallest absolute Gasteiger partial charge is 0.261 e. The van der Waals surface area contributed by atoms with E-state index in [0.717, 1.165) is 16.1 Å². The first-order valence-electron chi connectivity index (χ1n) is 15.0. The highest BCUT2D eigenvalue weighted by atomic mass is 32.2. The Morgan fingerprint density at radius 3 is 2.33 bits per heavy atom. The van der Waals surface area contributed by atoms with Gasteiger partial charge in [0.15, 0.2) is 0 Å². The van der Waals surface area contributed by atoms with E-state index in [1.807, 2.05) is 31.2 Å². The molecule has 48 heavy (non-hydrogen) atoms. The topological polar surface area (TPSA) is 124 Å². The summed E-state index contributed by atoms with van der Waals surface area (Å²) in [4.78, 5) is 32.1. The molecule has 0 aliphatic heterocycles. The highest BCUT2D eigenvalue weighted by molar-refractivity contribution is 7.92. The van der Waals surface area contributed by atoms with Crippen LogP contribution in [0.5, 0.6) is 0 Å². The van der Waals surface area contributed by atoms with Crippen LogP contribution in [0.3, 0.4) is 0 Å². The molecule has 4 aromatic carbocycles. The molecule has 6 aromatic rings. The molecule has 0 radical (unpaired) electrons. The van der Waals surface area contributed by atoms with Gasteiger partial charge >= 0.3 is 0 Å². The molecule has 1 N–H and O–H groups in total. The molecule has 0 saturated carbocycles. The lowest BCUT2D eigenvalue weighted by Gasteiger charge is -2.21. The second-order valence-corrected chi connectivity index (χ2v) is 13.6. The zero-order valence-electron chi connectivity index (χ0n) is 27.0. The van der Waals surface area contributed by atoms with Crippen LogP contribution in [0.1, 0.15) is 27.3 Å². The number of furan rings is 1. The predicted octanol–water partition coefficient (Wildman–Crippen LogP) is 5.87. The number of rotatable bonds is 9. The van der Waals surface area contributed by atoms with Gasteiger partial charge in [-0.15, -0.1) is 0 Å². The maximum atomic E-state index is 14.1. The van der Waals surface area contributed by atoms with Gasteiger partial charge in [0.2, 0.25) is 10.0 Å². The van der Waals surface area contributed by atoms with Crippen molar-refractivity contribution in [3.8, 4) is 22.5 Å². The number of anilines is 1. The summed E-state index contributed by atoms with van der Waals surface area (Å²) in [5, 5.41) is 3.43. The van der Waals surface area contributed by atoms with Crippen LogP contribution in [-0.2, 0) is 27.9 Å². The molecule has 10 nitrogen and oxygen atoms in total. The molecule has 0 unspecified atom stereocenters. The molecule has 0 saturated heterocycles. The number of carbonyl (C=O) groups excluding carboxylic acids is 1. The summed E-state index contributed by atoms with van der Waals surface area (Å²) >= 11 is 0. The van der Waals surface area contributed by atoms with Gasteiger partial charge in [-0.3, -0.25) is 18.5 Å². The normalized spacial score (nSPS) is 11.7. The van der Waals surface area contributed by atoms with Crippen molar-refractivity contribution in [2.45, 2.75) is 20.1 Å². The Hall–Kier alpha value is -5.33. The third-order valence-corrected chi connectivity index (χ3v) is 9.47. The van der Waals surface area contributed by atoms with E-state index in [4.69, 9.17) is 14.1 Å². The quantitative estimate of drug-likeness (QED) is 0.204. The summed E-state index contributed by atoms with van der Waals surface area (Å²) in [5.74, 6) is -0.0363. The SMILES string of the molecule is CNC(=O)c1c(-c2ccc(C)cc2)oc2cc(N(C)S(C)(=O)=O)c(-c3ccc4nc(COC)n(Cc5ccc(F)cc5)c(=O)c4c3)cc12. The van der Waals surface area contributed by atoms with Crippen LogP contribution in [0, 0.1) is 12.7 Å². The van der Waals surface area contributed by atoms with E-state index in [-0.39, 0.29) is 41.5 Å². The summed E-state index contributed by atoms with van der Waals surface area (Å²) in [5.41, 5.74) is 4.33. The fourth-order valence-corrected chi connectivity index (χ4v) is 6.18. The van der Waals surface area contributed by atoms with E-state index in [2.05, 4.69) is 5.32 Å². The number of fused-ring (bicyclic) bond motifs is 2. The summed E-state index contributed by atoms with van der Waals surface area (Å²) in [6.07, 6.45) is 1.09. The zero-order chi connectivity index (χ0) is 34.3. The van der Waals surface area contributed by atoms with Gasteiger partial charge in [0.05, 0.1) is 35.0 Å². The number of ether oxygens (including phenoxy) is 1. The maximum Gasteiger partial charge on any atom is 0.261 e. The number of aryl methyl sites for hydroxylation is 1. The molecular weight excluding hydrogens is 635 g/mol. The maximum absolute atomic E-state index is 14.1. The van der Waals surface area contributed by atoms with E-state index in [0.29, 0.717) is 55.9 Å². The molecular formula is C36H33FN4O6S. The van der Waals surface area contributed by atoms with E-state index in [1.54, 1.807) is 42.5 Å². The van der Waals surface area contributed by atoms with Crippen LogP contribution in [-0.4, -0.2) is 51.3 Å². The molecule has 246 valence electrons. The number of benzene rings is 4. The highest BCUT2D eigenvalue weighted by Gasteiger charge is 2.26. The number of aromatic nitrogens is 2. The van der Waals surface area contributed by atoms with E-state index >= 15 is 0 Å². The van der Waals surface area contributed by atoms with Crippen molar-refractivity contribution in [2.75, 3.05) is 31.8 Å². The molecule has 0 aliphatic rings. The predicted molar refractivity (Wildman–Crippen MR) is 184 cm³/mol. The Morgan fingerprint density at radius 2 is 1.69 bits per heavy atom. The van der Waals surface area contributed by atoms with Crippen LogP contribution in [0.4, 0.5) is 10.1 Å². The average molecular weight is 669 g/mol. The average Bonchev–Trinajstić information content (AvgIpc) is 3.44. The minimum atomic E-state index is -3.75. The number of halogens is 1. The summed E-state index contributed by atoms with van der Waals surface area (Å²) in [6, 6.07) is 21.8. The minimum Gasteiger partial charge on any atom is -0.455 e. The van der Waals surface area contributed by atoms with Gasteiger partial charge in [0, 0.05) is 43.8 Å². The monoisotopic (exact) mass is 668 g/mol. The van der Waals surface area contributed by atoms with Crippen LogP contribution in [0.25, 0.3) is 44.3 Å². The first kappa shape index (κ1) is 32.6. The van der Waals surface area contributed by atoms with E-state index < -0.39 is 10.0 Å². The highest BCUT2D eigenvalue weighted by Crippen LogP contribution is 2.41. The zero-order valence-corrected chi connectivity index (χ0v) is 27.8. The van der Waals surface area contributed by atoms with Crippen LogP contribution >= 0.6 is 0 Å². The fraction of sp³-hybridized carbons (Fsp3) is 0.194. The van der Waals surface area contributed by atoms with E-state index in [9.17, 15) is 22.4 Å². The summed E-state index contributed by atoms with van der Waals surface area (Å²) in [6.45, 7) is 2.15. The van der Waals surface area contributed by atoms with Crippen molar-refractivity contribution in [3.63, 3.8) is 0 Å². The lowest BCUT2D eigenvalue weighted by Crippen LogP contribution is -2.26. The number of methoxy groups -OCH3 is 1. The van der Waals surface area contributed by atoms with Crippen LogP contribution < -0.4 is 15.2 Å². The van der Waals surface area contributed by atoms with Crippen molar-refractivity contribution in [2.24, 2.45) is 0 Å². The van der Waals surface area contributed by atoms with Gasteiger partial charge in [0.1, 0.15) is 29.6 Å². The first-order valence-corrected chi connectivity index (χ1v) is 16.8. The van der Waals surface area contributed by atoms with Crippen molar-refractivity contribution in [3.05, 3.63) is 118 Å². The number of nitrogens with one attached hydrogen (secondary N) is 1. The third-order valence-electron chi connectivity index (χ3n) is 8.28. The molecule has 6 rings (SSSR count). The van der Waals surface area contributed by atoms with Crippen molar-refractivity contribution in [1.29, 1.82) is 0 Å². The lowest BCUT2D eigenvalue weighted by atomic mass is 9.97. The van der Waals surface area contributed by atoms with Gasteiger partial charge in [-0.1, -0.05) is 48.0 Å². The number of hydrogen-bond acceptors (Lipinski definition) is 7. The van der Waals surface area contributed by atoms with Gasteiger partial charge in [-0.2, -0.15) is 0 Å². The van der Waals surface area contributed by atoms with E-state index in [1.165, 1.54) is 37.9 Å². The summed E-state index contributed by atoms with van der Waals surface area (Å²) < 4.78 is 53.5. The Kier molecular flexibility index (Phi) is 8.63. The fourth-order valence-electron chi connectivity index (χ4n) is 5.67. The molecule has 2 heterocycles. The molecule has 0 spiro atoms. The molecule has 2 aromatic heterocycles. The molecule has 0 fully saturated rings. The van der Waals surface area contributed by atoms with Gasteiger partial charge in [-0.25, -0.2) is 17.8 Å². The van der Waals surface area contributed by atoms with Crippen LogP contribution in [0.2, 0.25) is 0 Å². The largest absolute Gasteiger partial charge is 0.455 e. The van der Waals surface area contributed by atoms with Crippen molar-refractivity contribution in [1.82, 2.24) is 14.9 Å².